The van der Waals surface area contributed by atoms with Crippen molar-refractivity contribution in [3.63, 3.8) is 0 Å². The van der Waals surface area contributed by atoms with Crippen molar-refractivity contribution in [2.24, 2.45) is 7.05 Å². The summed E-state index contributed by atoms with van der Waals surface area (Å²) in [5.74, 6) is -2.28. The van der Waals surface area contributed by atoms with E-state index in [-0.39, 0.29) is 34.1 Å². The molecule has 0 saturated carbocycles. The Morgan fingerprint density at radius 3 is 2.47 bits per heavy atom. The van der Waals surface area contributed by atoms with Crippen LogP contribution in [0.2, 0.25) is 0 Å². The lowest BCUT2D eigenvalue weighted by Crippen LogP contribution is -2.71. The predicted octanol–water partition coefficient (Wildman–Crippen LogP) is 1.29. The third-order valence-corrected chi connectivity index (χ3v) is 10.6. The molecular weight excluding hydrogens is 705 g/mol. The third-order valence-electron chi connectivity index (χ3n) is 8.12. The second kappa shape index (κ2) is 14.6. The highest BCUT2D eigenvalue weighted by Crippen LogP contribution is 2.41. The first-order chi connectivity index (χ1) is 24.5. The van der Waals surface area contributed by atoms with Crippen LogP contribution in [0.1, 0.15) is 22.0 Å². The van der Waals surface area contributed by atoms with Crippen LogP contribution in [0.5, 0.6) is 17.2 Å². The number of hydrogen-bond acceptors (Lipinski definition) is 13. The van der Waals surface area contributed by atoms with E-state index in [9.17, 15) is 34.2 Å². The summed E-state index contributed by atoms with van der Waals surface area (Å²) in [5.41, 5.74) is 0.537. The number of benzene rings is 2. The molecule has 0 radical (unpaired) electrons. The molecule has 2 aliphatic heterocycles. The molecule has 51 heavy (non-hydrogen) atoms. The Labute approximate surface area is 297 Å². The third kappa shape index (κ3) is 6.97. The molecule has 3 amide bonds. The van der Waals surface area contributed by atoms with Gasteiger partial charge in [-0.05, 0) is 64.0 Å². The number of tetrazole rings is 1. The lowest BCUT2D eigenvalue weighted by atomic mass is 10.0. The van der Waals surface area contributed by atoms with E-state index in [1.165, 1.54) is 78.8 Å². The van der Waals surface area contributed by atoms with Gasteiger partial charge in [-0.25, -0.2) is 9.48 Å². The highest BCUT2D eigenvalue weighted by Gasteiger charge is 2.54. The fourth-order valence-electron chi connectivity index (χ4n) is 5.53. The second-order valence-corrected chi connectivity index (χ2v) is 13.3. The van der Waals surface area contributed by atoms with E-state index in [1.54, 1.807) is 25.2 Å². The van der Waals surface area contributed by atoms with Crippen molar-refractivity contribution in [1.82, 2.24) is 40.7 Å². The normalized spacial score (nSPS) is 17.2. The van der Waals surface area contributed by atoms with Gasteiger partial charge < -0.3 is 35.3 Å². The van der Waals surface area contributed by atoms with Gasteiger partial charge in [0.2, 0.25) is 11.1 Å². The van der Waals surface area contributed by atoms with E-state index < -0.39 is 46.7 Å². The predicted molar refractivity (Wildman–Crippen MR) is 183 cm³/mol. The smallest absolute Gasteiger partial charge is 0.352 e. The molecule has 1 saturated heterocycles. The fraction of sp³-hybridized carbons (Fsp3) is 0.250. The van der Waals surface area contributed by atoms with Gasteiger partial charge in [-0.2, -0.15) is 0 Å². The number of carbonyl (C=O) groups is 4. The summed E-state index contributed by atoms with van der Waals surface area (Å²) in [6.45, 7) is 0. The largest absolute Gasteiger partial charge is 0.508 e. The maximum Gasteiger partial charge on any atom is 0.352 e. The number of aliphatic carboxylic acids is 1. The minimum absolute atomic E-state index is 0.0905. The van der Waals surface area contributed by atoms with Crippen molar-refractivity contribution >= 4 is 47.2 Å². The number of nitrogens with one attached hydrogen (secondary N) is 3. The molecule has 2 unspecified atom stereocenters. The SMILES string of the molecule is COc1ccc(-c2ccc(C(=O)NC(C(=O)NC3C(=O)N4C(C(=O)O)=C(CSc5nnnn5C)CS[C@H]34)c3ccc(O)cc3)c(=O)[nH]2)cc1OC. The summed E-state index contributed by atoms with van der Waals surface area (Å²) in [7, 11) is 4.62. The molecule has 17 nitrogen and oxygen atoms in total. The number of pyridine rings is 1. The quantitative estimate of drug-likeness (QED) is 0.102. The van der Waals surface area contributed by atoms with E-state index >= 15 is 0 Å². The van der Waals surface area contributed by atoms with Crippen LogP contribution in [0, 0.1) is 0 Å². The number of thioether (sulfide) groups is 2. The Balaban J connectivity index is 1.20. The molecule has 2 aliphatic rings. The van der Waals surface area contributed by atoms with Crippen LogP contribution < -0.4 is 25.7 Å². The molecule has 2 aromatic carbocycles. The van der Waals surface area contributed by atoms with Crippen molar-refractivity contribution in [2.45, 2.75) is 22.6 Å². The molecule has 0 aliphatic carbocycles. The number of aromatic amines is 1. The van der Waals surface area contributed by atoms with Gasteiger partial charge in [-0.1, -0.05) is 23.9 Å². The van der Waals surface area contributed by atoms with Crippen molar-refractivity contribution in [2.75, 3.05) is 25.7 Å². The average molecular weight is 735 g/mol. The number of carboxylic acid groups (broad SMARTS) is 1. The highest BCUT2D eigenvalue weighted by atomic mass is 32.2. The van der Waals surface area contributed by atoms with Crippen LogP contribution in [-0.4, -0.2) is 101 Å². The summed E-state index contributed by atoms with van der Waals surface area (Å²) >= 11 is 2.50. The zero-order valence-electron chi connectivity index (χ0n) is 27.1. The van der Waals surface area contributed by atoms with Gasteiger partial charge in [-0.3, -0.25) is 24.1 Å². The highest BCUT2D eigenvalue weighted by molar-refractivity contribution is 8.01. The molecule has 5 N–H and O–H groups in total. The van der Waals surface area contributed by atoms with Gasteiger partial charge in [0.15, 0.2) is 11.5 Å². The summed E-state index contributed by atoms with van der Waals surface area (Å²) < 4.78 is 12.0. The Hall–Kier alpha value is -5.82. The number of methoxy groups -OCH3 is 2. The molecule has 1 fully saturated rings. The van der Waals surface area contributed by atoms with E-state index in [1.807, 2.05) is 0 Å². The number of aromatic nitrogens is 5. The van der Waals surface area contributed by atoms with Gasteiger partial charge in [0.1, 0.15) is 34.5 Å². The molecule has 2 aromatic heterocycles. The molecule has 6 rings (SSSR count). The number of H-pyrrole nitrogens is 1. The van der Waals surface area contributed by atoms with E-state index in [2.05, 4.69) is 31.1 Å². The molecule has 19 heteroatoms. The zero-order chi connectivity index (χ0) is 36.4. The Morgan fingerprint density at radius 1 is 1.08 bits per heavy atom. The van der Waals surface area contributed by atoms with Crippen molar-refractivity contribution < 1.29 is 38.9 Å². The number of ether oxygens (including phenoxy) is 2. The Morgan fingerprint density at radius 2 is 1.82 bits per heavy atom. The minimum atomic E-state index is -1.40. The number of phenols is 1. The van der Waals surface area contributed by atoms with Crippen LogP contribution in [-0.2, 0) is 21.4 Å². The number of carbonyl (C=O) groups excluding carboxylic acids is 3. The number of fused-ring (bicyclic) bond motifs is 1. The number of aromatic hydroxyl groups is 1. The van der Waals surface area contributed by atoms with Crippen molar-refractivity contribution in [3.8, 4) is 28.5 Å². The standard InChI is InChI=1S/C32H30N8O9S2/c1-39-32(36-37-38-39)51-14-17-13-50-30-24(29(45)40(30)25(17)31(46)47)35-28(44)23(15-4-7-18(41)8-5-15)34-27(43)19-9-10-20(33-26(19)42)16-6-11-21(48-2)22(12-16)49-3/h4-12,23-24,30,41H,13-14H2,1-3H3,(H,33,42)(H,34,43)(H,35,44)(H,46,47)/t23?,24?,30-/m1/s1. The Bertz CT molecular complexity index is 2120. The van der Waals surface area contributed by atoms with Gasteiger partial charge in [-0.15, -0.1) is 16.9 Å². The van der Waals surface area contributed by atoms with Gasteiger partial charge in [0.05, 0.1) is 14.2 Å². The molecule has 0 spiro atoms. The molecule has 4 aromatic rings. The number of carboxylic acids is 1. The Kier molecular flexibility index (Phi) is 10.0. The second-order valence-electron chi connectivity index (χ2n) is 11.2. The summed E-state index contributed by atoms with van der Waals surface area (Å²) in [4.78, 5) is 69.9. The van der Waals surface area contributed by atoms with Crippen LogP contribution >= 0.6 is 23.5 Å². The number of aryl methyl sites for hydroxylation is 1. The van der Waals surface area contributed by atoms with Crippen molar-refractivity contribution in [3.05, 3.63) is 87.3 Å². The van der Waals surface area contributed by atoms with Gasteiger partial charge >= 0.3 is 5.97 Å². The number of nitrogens with zero attached hydrogens (tertiary/aromatic N) is 5. The number of hydrogen-bond donors (Lipinski definition) is 5. The van der Waals surface area contributed by atoms with Crippen LogP contribution in [0.25, 0.3) is 11.3 Å². The maximum absolute atomic E-state index is 13.8. The number of β-lactam (4-membered cyclic amide) rings is 1. The number of rotatable bonds is 12. The van der Waals surface area contributed by atoms with Crippen molar-refractivity contribution in [1.29, 1.82) is 0 Å². The van der Waals surface area contributed by atoms with E-state index in [0.29, 0.717) is 33.5 Å². The minimum Gasteiger partial charge on any atom is -0.508 e. The van der Waals surface area contributed by atoms with Crippen LogP contribution in [0.3, 0.4) is 0 Å². The fourth-order valence-corrected chi connectivity index (χ4v) is 7.86. The number of amides is 3. The first-order valence-electron chi connectivity index (χ1n) is 15.1. The van der Waals surface area contributed by atoms with Gasteiger partial charge in [0, 0.05) is 29.8 Å². The number of phenolic OH excluding ortho intramolecular Hbond substituents is 1. The molecule has 3 atom stereocenters. The van der Waals surface area contributed by atoms with E-state index in [0.717, 1.165) is 4.90 Å². The maximum atomic E-state index is 13.8. The average Bonchev–Trinajstić information content (AvgIpc) is 3.55. The summed E-state index contributed by atoms with van der Waals surface area (Å²) in [6, 6.07) is 10.8. The lowest BCUT2D eigenvalue weighted by Gasteiger charge is -2.49. The molecule has 4 heterocycles. The summed E-state index contributed by atoms with van der Waals surface area (Å²) in [5, 5.41) is 36.1. The first kappa shape index (κ1) is 35.0. The first-order valence-corrected chi connectivity index (χ1v) is 17.1. The zero-order valence-corrected chi connectivity index (χ0v) is 28.8. The molecular formula is C32H30N8O9S2. The van der Waals surface area contributed by atoms with Gasteiger partial charge in [0.25, 0.3) is 17.4 Å². The van der Waals surface area contributed by atoms with Crippen LogP contribution in [0.4, 0.5) is 0 Å². The monoisotopic (exact) mass is 734 g/mol. The summed E-state index contributed by atoms with van der Waals surface area (Å²) in [6.07, 6.45) is 0. The van der Waals surface area contributed by atoms with Crippen LogP contribution in [0.15, 0.2) is 75.8 Å². The lowest BCUT2D eigenvalue weighted by molar-refractivity contribution is -0.151. The van der Waals surface area contributed by atoms with E-state index in [4.69, 9.17) is 9.47 Å². The molecule has 264 valence electrons. The topological polar surface area (TPSA) is 231 Å². The molecule has 0 bridgehead atoms.